The fraction of sp³-hybridized carbons (Fsp3) is 0.682. The molecule has 1 amide bonds. The third kappa shape index (κ3) is 4.28. The molecule has 3 rings (SSSR count). The van der Waals surface area contributed by atoms with Gasteiger partial charge >= 0.3 is 6.09 Å². The molecule has 0 radical (unpaired) electrons. The lowest BCUT2D eigenvalue weighted by atomic mass is 9.62. The standard InChI is InChI=1S/C22H32BrNO3/c1-15-17(23)6-5-7-18(15)27-14-16-12-19(21(2,3)4)22(13-16)8-10-24(11-9-22)20(25)26/h5-7,16,19H,8-14H2,1-4H3,(H,25,26). The molecule has 1 aromatic carbocycles. The molecule has 27 heavy (non-hydrogen) atoms. The summed E-state index contributed by atoms with van der Waals surface area (Å²) >= 11 is 3.58. The van der Waals surface area contributed by atoms with Crippen LogP contribution in [-0.4, -0.2) is 35.8 Å². The van der Waals surface area contributed by atoms with Crippen molar-refractivity contribution < 1.29 is 14.6 Å². The van der Waals surface area contributed by atoms with Crippen molar-refractivity contribution in [2.75, 3.05) is 19.7 Å². The van der Waals surface area contributed by atoms with E-state index in [2.05, 4.69) is 43.6 Å². The number of rotatable bonds is 3. The second-order valence-electron chi connectivity index (χ2n) is 9.53. The lowest BCUT2D eigenvalue weighted by molar-refractivity contribution is 0.0203. The predicted molar refractivity (Wildman–Crippen MR) is 111 cm³/mol. The Morgan fingerprint density at radius 3 is 2.59 bits per heavy atom. The van der Waals surface area contributed by atoms with E-state index in [4.69, 9.17) is 4.74 Å². The fourth-order valence-corrected chi connectivity index (χ4v) is 5.78. The fourth-order valence-electron chi connectivity index (χ4n) is 5.43. The second-order valence-corrected chi connectivity index (χ2v) is 10.4. The quantitative estimate of drug-likeness (QED) is 0.633. The number of amides is 1. The van der Waals surface area contributed by atoms with Crippen LogP contribution in [0.25, 0.3) is 0 Å². The molecule has 1 saturated carbocycles. The summed E-state index contributed by atoms with van der Waals surface area (Å²) in [6.07, 6.45) is 3.50. The summed E-state index contributed by atoms with van der Waals surface area (Å²) in [5.74, 6) is 2.10. The van der Waals surface area contributed by atoms with E-state index in [0.29, 0.717) is 24.9 Å². The smallest absolute Gasteiger partial charge is 0.407 e. The van der Waals surface area contributed by atoms with Crippen molar-refractivity contribution in [3.05, 3.63) is 28.2 Å². The number of benzene rings is 1. The van der Waals surface area contributed by atoms with Crippen LogP contribution in [0.5, 0.6) is 5.75 Å². The van der Waals surface area contributed by atoms with E-state index in [1.807, 2.05) is 18.2 Å². The maximum atomic E-state index is 11.3. The van der Waals surface area contributed by atoms with Crippen molar-refractivity contribution >= 4 is 22.0 Å². The van der Waals surface area contributed by atoms with Crippen molar-refractivity contribution in [3.63, 3.8) is 0 Å². The molecule has 0 bridgehead atoms. The molecule has 1 saturated heterocycles. The lowest BCUT2D eigenvalue weighted by Crippen LogP contribution is -2.46. The normalized spacial score (nSPS) is 25.0. The summed E-state index contributed by atoms with van der Waals surface area (Å²) in [4.78, 5) is 12.9. The topological polar surface area (TPSA) is 49.8 Å². The molecular weight excluding hydrogens is 406 g/mol. The van der Waals surface area contributed by atoms with Crippen LogP contribution in [0.1, 0.15) is 52.0 Å². The molecular formula is C22H32BrNO3. The van der Waals surface area contributed by atoms with Gasteiger partial charge in [0.2, 0.25) is 0 Å². The third-order valence-electron chi connectivity index (χ3n) is 6.77. The number of piperidine rings is 1. The van der Waals surface area contributed by atoms with Crippen molar-refractivity contribution in [2.24, 2.45) is 22.7 Å². The summed E-state index contributed by atoms with van der Waals surface area (Å²) < 4.78 is 7.30. The molecule has 150 valence electrons. The van der Waals surface area contributed by atoms with Crippen molar-refractivity contribution in [3.8, 4) is 5.75 Å². The van der Waals surface area contributed by atoms with Crippen LogP contribution in [-0.2, 0) is 0 Å². The Morgan fingerprint density at radius 2 is 2.00 bits per heavy atom. The molecule has 0 aromatic heterocycles. The molecule has 2 atom stereocenters. The molecule has 4 nitrogen and oxygen atoms in total. The highest BCUT2D eigenvalue weighted by Crippen LogP contribution is 2.58. The maximum Gasteiger partial charge on any atom is 0.407 e. The van der Waals surface area contributed by atoms with Gasteiger partial charge in [0.15, 0.2) is 0 Å². The number of hydrogen-bond acceptors (Lipinski definition) is 2. The molecule has 1 spiro atoms. The van der Waals surface area contributed by atoms with Gasteiger partial charge in [0.25, 0.3) is 0 Å². The van der Waals surface area contributed by atoms with E-state index in [1.54, 1.807) is 4.90 Å². The summed E-state index contributed by atoms with van der Waals surface area (Å²) in [6.45, 7) is 11.2. The summed E-state index contributed by atoms with van der Waals surface area (Å²) in [5, 5.41) is 9.31. The number of ether oxygens (including phenoxy) is 1. The van der Waals surface area contributed by atoms with Gasteiger partial charge in [0.05, 0.1) is 6.61 Å². The number of likely N-dealkylation sites (tertiary alicyclic amines) is 1. The number of carboxylic acid groups (broad SMARTS) is 1. The van der Waals surface area contributed by atoms with Gasteiger partial charge in [-0.15, -0.1) is 0 Å². The van der Waals surface area contributed by atoms with E-state index in [0.717, 1.165) is 41.7 Å². The van der Waals surface area contributed by atoms with Crippen molar-refractivity contribution in [1.29, 1.82) is 0 Å². The van der Waals surface area contributed by atoms with Crippen LogP contribution >= 0.6 is 15.9 Å². The number of halogens is 1. The molecule has 1 aliphatic carbocycles. The molecule has 2 aliphatic rings. The van der Waals surface area contributed by atoms with Crippen LogP contribution in [0, 0.1) is 29.6 Å². The highest BCUT2D eigenvalue weighted by molar-refractivity contribution is 9.10. The maximum absolute atomic E-state index is 11.3. The number of hydrogen-bond donors (Lipinski definition) is 1. The van der Waals surface area contributed by atoms with E-state index in [1.165, 1.54) is 6.42 Å². The van der Waals surface area contributed by atoms with Crippen LogP contribution < -0.4 is 4.74 Å². The second kappa shape index (κ2) is 7.65. The largest absolute Gasteiger partial charge is 0.493 e. The average Bonchev–Trinajstić information content (AvgIpc) is 2.95. The van der Waals surface area contributed by atoms with Crippen LogP contribution in [0.3, 0.4) is 0 Å². The first kappa shape index (κ1) is 20.5. The molecule has 2 fully saturated rings. The van der Waals surface area contributed by atoms with E-state index < -0.39 is 6.09 Å². The van der Waals surface area contributed by atoms with Gasteiger partial charge in [-0.1, -0.05) is 42.8 Å². The zero-order valence-corrected chi connectivity index (χ0v) is 18.5. The van der Waals surface area contributed by atoms with E-state index in [-0.39, 0.29) is 10.8 Å². The molecule has 5 heteroatoms. The minimum Gasteiger partial charge on any atom is -0.493 e. The summed E-state index contributed by atoms with van der Waals surface area (Å²) in [7, 11) is 0. The Balaban J connectivity index is 1.70. The lowest BCUT2D eigenvalue weighted by Gasteiger charge is -2.47. The molecule has 1 aromatic rings. The third-order valence-corrected chi connectivity index (χ3v) is 7.63. The molecule has 1 N–H and O–H groups in total. The number of nitrogens with zero attached hydrogens (tertiary/aromatic N) is 1. The summed E-state index contributed by atoms with van der Waals surface area (Å²) in [6, 6.07) is 6.10. The number of carbonyl (C=O) groups is 1. The van der Waals surface area contributed by atoms with Crippen molar-refractivity contribution in [1.82, 2.24) is 4.90 Å². The van der Waals surface area contributed by atoms with Gasteiger partial charge < -0.3 is 14.7 Å². The summed E-state index contributed by atoms with van der Waals surface area (Å²) in [5.41, 5.74) is 1.63. The first-order valence-electron chi connectivity index (χ1n) is 9.98. The van der Waals surface area contributed by atoms with E-state index >= 15 is 0 Å². The minimum absolute atomic E-state index is 0.228. The Labute approximate surface area is 171 Å². The van der Waals surface area contributed by atoms with Crippen LogP contribution in [0.4, 0.5) is 4.79 Å². The Bertz CT molecular complexity index is 689. The first-order chi connectivity index (χ1) is 12.6. The Kier molecular flexibility index (Phi) is 5.81. The highest BCUT2D eigenvalue weighted by Gasteiger charge is 2.52. The Hall–Kier alpha value is -1.23. The zero-order valence-electron chi connectivity index (χ0n) is 16.9. The van der Waals surface area contributed by atoms with E-state index in [9.17, 15) is 9.90 Å². The monoisotopic (exact) mass is 437 g/mol. The van der Waals surface area contributed by atoms with Gasteiger partial charge in [-0.2, -0.15) is 0 Å². The SMILES string of the molecule is Cc1c(Br)cccc1OCC1CC(C(C)(C)C)C2(CCN(C(=O)O)CC2)C1. The van der Waals surface area contributed by atoms with Crippen LogP contribution in [0.2, 0.25) is 0 Å². The molecule has 2 unspecified atom stereocenters. The predicted octanol–water partition coefficient (Wildman–Crippen LogP) is 5.97. The van der Waals surface area contributed by atoms with Crippen molar-refractivity contribution in [2.45, 2.75) is 53.4 Å². The van der Waals surface area contributed by atoms with Gasteiger partial charge in [-0.05, 0) is 67.4 Å². The first-order valence-corrected chi connectivity index (χ1v) is 10.8. The van der Waals surface area contributed by atoms with Gasteiger partial charge in [-0.3, -0.25) is 0 Å². The van der Waals surface area contributed by atoms with Crippen LogP contribution in [0.15, 0.2) is 22.7 Å². The van der Waals surface area contributed by atoms with Gasteiger partial charge in [-0.25, -0.2) is 4.79 Å². The highest BCUT2D eigenvalue weighted by atomic mass is 79.9. The molecule has 1 heterocycles. The van der Waals surface area contributed by atoms with Gasteiger partial charge in [0, 0.05) is 23.1 Å². The minimum atomic E-state index is -0.778. The average molecular weight is 438 g/mol. The zero-order chi connectivity index (χ0) is 19.8. The molecule has 1 aliphatic heterocycles. The Morgan fingerprint density at radius 1 is 1.33 bits per heavy atom. The van der Waals surface area contributed by atoms with Gasteiger partial charge in [0.1, 0.15) is 5.75 Å².